The van der Waals surface area contributed by atoms with Gasteiger partial charge in [-0.1, -0.05) is 30.3 Å². The van der Waals surface area contributed by atoms with Gasteiger partial charge in [-0.15, -0.1) is 0 Å². The molecule has 2 aromatic heterocycles. The minimum Gasteiger partial charge on any atom is -0.497 e. The largest absolute Gasteiger partial charge is 0.497 e. The number of nitriles is 1. The highest BCUT2D eigenvalue weighted by molar-refractivity contribution is 6.11. The van der Waals surface area contributed by atoms with E-state index in [0.717, 1.165) is 16.6 Å². The fraction of sp³-hybridized carbons (Fsp3) is 0.0870. The Balaban J connectivity index is 1.76. The average molecular weight is 382 g/mol. The minimum absolute atomic E-state index is 0.100. The summed E-state index contributed by atoms with van der Waals surface area (Å²) >= 11 is 0. The number of ketones is 1. The highest BCUT2D eigenvalue weighted by Crippen LogP contribution is 2.28. The van der Waals surface area contributed by atoms with Gasteiger partial charge in [-0.2, -0.15) is 5.26 Å². The van der Waals surface area contributed by atoms with Gasteiger partial charge in [0, 0.05) is 46.2 Å². The maximum absolute atomic E-state index is 13.5. The van der Waals surface area contributed by atoms with E-state index in [1.54, 1.807) is 31.6 Å². The van der Waals surface area contributed by atoms with E-state index < -0.39 is 6.04 Å². The number of carbonyl (C=O) groups excluding carboxylic acids is 1. The van der Waals surface area contributed by atoms with Gasteiger partial charge in [-0.05, 0) is 24.3 Å². The number of rotatable bonds is 6. The number of nitrogens with zero attached hydrogens (tertiary/aromatic N) is 2. The number of ether oxygens (including phenoxy) is 1. The smallest absolute Gasteiger partial charge is 0.191 e. The van der Waals surface area contributed by atoms with Gasteiger partial charge in [-0.25, -0.2) is 4.98 Å². The summed E-state index contributed by atoms with van der Waals surface area (Å²) in [7, 11) is 1.60. The van der Waals surface area contributed by atoms with Crippen LogP contribution in [0.3, 0.4) is 0 Å². The standard InChI is InChI=1S/C23H18N4O2/c1-29-18-6-4-5-16(11-18)27-22(15-9-10-17(12-24)25-13-15)23(28)20-14-26-21-8-3-2-7-19(20)21/h2-11,13-14,22,26-27H,1H3. The van der Waals surface area contributed by atoms with Crippen molar-refractivity contribution in [1.29, 1.82) is 5.26 Å². The Morgan fingerprint density at radius 1 is 1.17 bits per heavy atom. The number of carbonyl (C=O) groups is 1. The summed E-state index contributed by atoms with van der Waals surface area (Å²) in [5.41, 5.74) is 3.20. The number of pyridine rings is 1. The Morgan fingerprint density at radius 2 is 2.03 bits per heavy atom. The number of fused-ring (bicyclic) bond motifs is 1. The molecule has 0 aliphatic heterocycles. The second-order valence-corrected chi connectivity index (χ2v) is 6.51. The Hall–Kier alpha value is -4.11. The van der Waals surface area contributed by atoms with Gasteiger partial charge >= 0.3 is 0 Å². The van der Waals surface area contributed by atoms with Crippen LogP contribution in [-0.4, -0.2) is 22.9 Å². The summed E-state index contributed by atoms with van der Waals surface area (Å²) < 4.78 is 5.28. The van der Waals surface area contributed by atoms with Crippen LogP contribution in [-0.2, 0) is 0 Å². The topological polar surface area (TPSA) is 90.8 Å². The molecule has 6 heteroatoms. The lowest BCUT2D eigenvalue weighted by atomic mass is 9.97. The Labute approximate surface area is 167 Å². The molecule has 0 amide bonds. The molecule has 2 N–H and O–H groups in total. The van der Waals surface area contributed by atoms with Crippen LogP contribution in [0.2, 0.25) is 0 Å². The Kier molecular flexibility index (Phi) is 4.95. The maximum Gasteiger partial charge on any atom is 0.191 e. The number of nitrogens with one attached hydrogen (secondary N) is 2. The summed E-state index contributed by atoms with van der Waals surface area (Å²) in [4.78, 5) is 20.8. The van der Waals surface area contributed by atoms with Crippen LogP contribution in [0.5, 0.6) is 5.75 Å². The summed E-state index contributed by atoms with van der Waals surface area (Å²) in [6.07, 6.45) is 3.29. The number of H-pyrrole nitrogens is 1. The molecule has 0 aliphatic carbocycles. The highest BCUT2D eigenvalue weighted by atomic mass is 16.5. The van der Waals surface area contributed by atoms with Crippen LogP contribution in [0.15, 0.2) is 73.1 Å². The molecule has 1 atom stereocenters. The molecule has 0 saturated carbocycles. The van der Waals surface area contributed by atoms with Crippen molar-refractivity contribution in [3.8, 4) is 11.8 Å². The van der Waals surface area contributed by atoms with Crippen molar-refractivity contribution in [3.05, 3.63) is 89.9 Å². The number of para-hydroxylation sites is 1. The van der Waals surface area contributed by atoms with Gasteiger partial charge in [0.15, 0.2) is 5.78 Å². The maximum atomic E-state index is 13.5. The first-order chi connectivity index (χ1) is 14.2. The molecule has 2 heterocycles. The van der Waals surface area contributed by atoms with Gasteiger partial charge in [0.2, 0.25) is 0 Å². The average Bonchev–Trinajstić information content (AvgIpc) is 3.21. The Morgan fingerprint density at radius 3 is 2.79 bits per heavy atom. The second kappa shape index (κ2) is 7.87. The van der Waals surface area contributed by atoms with Crippen molar-refractivity contribution in [1.82, 2.24) is 9.97 Å². The van der Waals surface area contributed by atoms with Gasteiger partial charge in [0.1, 0.15) is 23.6 Å². The van der Waals surface area contributed by atoms with Gasteiger partial charge in [0.05, 0.1) is 7.11 Å². The zero-order chi connectivity index (χ0) is 20.2. The van der Waals surface area contributed by atoms with Crippen LogP contribution >= 0.6 is 0 Å². The first kappa shape index (κ1) is 18.3. The van der Waals surface area contributed by atoms with E-state index in [1.165, 1.54) is 0 Å². The lowest BCUT2D eigenvalue weighted by molar-refractivity contribution is 0.0971. The molecule has 0 spiro atoms. The first-order valence-corrected chi connectivity index (χ1v) is 9.06. The van der Waals surface area contributed by atoms with E-state index in [2.05, 4.69) is 15.3 Å². The summed E-state index contributed by atoms with van der Waals surface area (Å²) in [6.45, 7) is 0. The number of hydrogen-bond donors (Lipinski definition) is 2. The lowest BCUT2D eigenvalue weighted by Crippen LogP contribution is -2.21. The minimum atomic E-state index is -0.679. The number of methoxy groups -OCH3 is 1. The zero-order valence-corrected chi connectivity index (χ0v) is 15.7. The molecule has 29 heavy (non-hydrogen) atoms. The number of hydrogen-bond acceptors (Lipinski definition) is 5. The number of benzene rings is 2. The SMILES string of the molecule is COc1cccc(NC(C(=O)c2c[nH]c3ccccc23)c2ccc(C#N)nc2)c1. The normalized spacial score (nSPS) is 11.6. The molecule has 142 valence electrons. The first-order valence-electron chi connectivity index (χ1n) is 9.06. The van der Waals surface area contributed by atoms with E-state index >= 15 is 0 Å². The molecular formula is C23H18N4O2. The van der Waals surface area contributed by atoms with Crippen molar-refractivity contribution >= 4 is 22.4 Å². The van der Waals surface area contributed by atoms with Crippen LogP contribution < -0.4 is 10.1 Å². The van der Waals surface area contributed by atoms with Crippen molar-refractivity contribution in [2.24, 2.45) is 0 Å². The molecular weight excluding hydrogens is 364 g/mol. The molecule has 6 nitrogen and oxygen atoms in total. The number of Topliss-reactive ketones (excluding diaryl/α,β-unsaturated/α-hetero) is 1. The summed E-state index contributed by atoms with van der Waals surface area (Å²) in [5.74, 6) is 0.586. The predicted molar refractivity (Wildman–Crippen MR) is 111 cm³/mol. The van der Waals surface area contributed by atoms with Crippen molar-refractivity contribution in [2.45, 2.75) is 6.04 Å². The van der Waals surface area contributed by atoms with Crippen LogP contribution in [0.25, 0.3) is 10.9 Å². The second-order valence-electron chi connectivity index (χ2n) is 6.51. The molecule has 0 saturated heterocycles. The van der Waals surface area contributed by atoms with Crippen LogP contribution in [0.1, 0.15) is 27.7 Å². The van der Waals surface area contributed by atoms with Crippen molar-refractivity contribution < 1.29 is 9.53 Å². The monoisotopic (exact) mass is 382 g/mol. The van der Waals surface area contributed by atoms with E-state index in [1.807, 2.05) is 54.6 Å². The Bertz CT molecular complexity index is 1210. The molecule has 0 radical (unpaired) electrons. The molecule has 4 rings (SSSR count). The van der Waals surface area contributed by atoms with Crippen LogP contribution in [0, 0.1) is 11.3 Å². The molecule has 1 unspecified atom stereocenters. The third kappa shape index (κ3) is 3.66. The lowest BCUT2D eigenvalue weighted by Gasteiger charge is -2.19. The van der Waals surface area contributed by atoms with E-state index in [-0.39, 0.29) is 5.78 Å². The number of aromatic amines is 1. The molecule has 0 aliphatic rings. The molecule has 4 aromatic rings. The fourth-order valence-corrected chi connectivity index (χ4v) is 3.25. The van der Waals surface area contributed by atoms with Gasteiger partial charge < -0.3 is 15.0 Å². The predicted octanol–water partition coefficient (Wildman–Crippen LogP) is 4.48. The third-order valence-corrected chi connectivity index (χ3v) is 4.73. The van der Waals surface area contributed by atoms with E-state index in [0.29, 0.717) is 22.6 Å². The number of anilines is 1. The fourth-order valence-electron chi connectivity index (χ4n) is 3.25. The third-order valence-electron chi connectivity index (χ3n) is 4.73. The molecule has 2 aromatic carbocycles. The summed E-state index contributed by atoms with van der Waals surface area (Å²) in [5, 5.41) is 13.2. The van der Waals surface area contributed by atoms with Crippen molar-refractivity contribution in [3.63, 3.8) is 0 Å². The van der Waals surface area contributed by atoms with Gasteiger partial charge in [0.25, 0.3) is 0 Å². The molecule has 0 bridgehead atoms. The van der Waals surface area contributed by atoms with Crippen molar-refractivity contribution in [2.75, 3.05) is 12.4 Å². The highest BCUT2D eigenvalue weighted by Gasteiger charge is 2.25. The molecule has 0 fully saturated rings. The summed E-state index contributed by atoms with van der Waals surface area (Å²) in [6, 6.07) is 19.7. The van der Waals surface area contributed by atoms with Crippen LogP contribution in [0.4, 0.5) is 5.69 Å². The number of aromatic nitrogens is 2. The quantitative estimate of drug-likeness (QED) is 0.480. The zero-order valence-electron chi connectivity index (χ0n) is 15.7. The van der Waals surface area contributed by atoms with Gasteiger partial charge in [-0.3, -0.25) is 4.79 Å². The van der Waals surface area contributed by atoms with E-state index in [4.69, 9.17) is 10.00 Å². The van der Waals surface area contributed by atoms with E-state index in [9.17, 15) is 4.79 Å².